The van der Waals surface area contributed by atoms with Crippen LogP contribution < -0.4 is 5.69 Å². The standard InChI is InChI=1S/C8H7BrN4O/c1-5-2-7(9)10-3-6(5)13-8(14)11-4-12-13/h2-4H,1H3,(H,11,12,14). The van der Waals surface area contributed by atoms with Crippen LogP contribution in [-0.2, 0) is 0 Å². The van der Waals surface area contributed by atoms with Crippen molar-refractivity contribution >= 4 is 15.9 Å². The molecule has 0 aromatic carbocycles. The zero-order valence-corrected chi connectivity index (χ0v) is 8.95. The molecule has 1 N–H and O–H groups in total. The first kappa shape index (κ1) is 9.14. The predicted molar refractivity (Wildman–Crippen MR) is 54.4 cm³/mol. The molecule has 0 atom stereocenters. The van der Waals surface area contributed by atoms with E-state index in [1.165, 1.54) is 11.0 Å². The number of hydrogen-bond acceptors (Lipinski definition) is 3. The molecule has 14 heavy (non-hydrogen) atoms. The number of rotatable bonds is 1. The van der Waals surface area contributed by atoms with E-state index in [-0.39, 0.29) is 5.69 Å². The van der Waals surface area contributed by atoms with Gasteiger partial charge in [-0.25, -0.2) is 14.5 Å². The Balaban J connectivity index is 2.63. The Morgan fingerprint density at radius 2 is 2.29 bits per heavy atom. The average molecular weight is 255 g/mol. The topological polar surface area (TPSA) is 63.6 Å². The molecule has 0 aliphatic carbocycles. The molecule has 2 aromatic rings. The zero-order chi connectivity index (χ0) is 10.1. The Morgan fingerprint density at radius 1 is 1.50 bits per heavy atom. The lowest BCUT2D eigenvalue weighted by Crippen LogP contribution is -2.17. The van der Waals surface area contributed by atoms with E-state index in [1.54, 1.807) is 6.20 Å². The van der Waals surface area contributed by atoms with Crippen LogP contribution in [0.3, 0.4) is 0 Å². The molecule has 0 amide bonds. The third-order valence-electron chi connectivity index (χ3n) is 1.84. The summed E-state index contributed by atoms with van der Waals surface area (Å²) >= 11 is 3.25. The van der Waals surface area contributed by atoms with Crippen LogP contribution in [0, 0.1) is 6.92 Å². The lowest BCUT2D eigenvalue weighted by atomic mass is 10.2. The normalized spacial score (nSPS) is 10.4. The lowest BCUT2D eigenvalue weighted by Gasteiger charge is -2.03. The monoisotopic (exact) mass is 254 g/mol. The summed E-state index contributed by atoms with van der Waals surface area (Å²) in [6, 6.07) is 1.84. The van der Waals surface area contributed by atoms with Gasteiger partial charge in [0.1, 0.15) is 10.9 Å². The van der Waals surface area contributed by atoms with Crippen LogP contribution in [0.25, 0.3) is 5.69 Å². The van der Waals surface area contributed by atoms with Crippen LogP contribution in [0.4, 0.5) is 0 Å². The van der Waals surface area contributed by atoms with Crippen LogP contribution in [0.5, 0.6) is 0 Å². The molecule has 0 spiro atoms. The Labute approximate surface area is 87.9 Å². The van der Waals surface area contributed by atoms with Gasteiger partial charge in [-0.15, -0.1) is 0 Å². The molecule has 5 nitrogen and oxygen atoms in total. The van der Waals surface area contributed by atoms with E-state index in [0.717, 1.165) is 10.2 Å². The van der Waals surface area contributed by atoms with Gasteiger partial charge in [0.25, 0.3) is 0 Å². The third-order valence-corrected chi connectivity index (χ3v) is 2.28. The number of nitrogens with one attached hydrogen (secondary N) is 1. The van der Waals surface area contributed by atoms with Crippen molar-refractivity contribution in [2.75, 3.05) is 0 Å². The molecule has 0 bridgehead atoms. The molecule has 72 valence electrons. The zero-order valence-electron chi connectivity index (χ0n) is 7.36. The van der Waals surface area contributed by atoms with Gasteiger partial charge in [-0.1, -0.05) is 0 Å². The molecular weight excluding hydrogens is 248 g/mol. The summed E-state index contributed by atoms with van der Waals surface area (Å²) in [4.78, 5) is 18.9. The van der Waals surface area contributed by atoms with Gasteiger partial charge in [0.2, 0.25) is 0 Å². The van der Waals surface area contributed by atoms with E-state index < -0.39 is 0 Å². The van der Waals surface area contributed by atoms with E-state index in [0.29, 0.717) is 5.69 Å². The highest BCUT2D eigenvalue weighted by molar-refractivity contribution is 9.10. The van der Waals surface area contributed by atoms with Crippen molar-refractivity contribution in [2.24, 2.45) is 0 Å². The summed E-state index contributed by atoms with van der Waals surface area (Å²) < 4.78 is 2.08. The first-order chi connectivity index (χ1) is 6.68. The highest BCUT2D eigenvalue weighted by atomic mass is 79.9. The van der Waals surface area contributed by atoms with Crippen molar-refractivity contribution in [3.63, 3.8) is 0 Å². The van der Waals surface area contributed by atoms with Crippen molar-refractivity contribution in [3.8, 4) is 5.69 Å². The minimum absolute atomic E-state index is 0.336. The first-order valence-electron chi connectivity index (χ1n) is 3.93. The quantitative estimate of drug-likeness (QED) is 0.774. The molecule has 2 heterocycles. The van der Waals surface area contributed by atoms with E-state index in [4.69, 9.17) is 0 Å². The second kappa shape index (κ2) is 3.38. The molecule has 0 aliphatic heterocycles. The number of nitrogens with zero attached hydrogens (tertiary/aromatic N) is 3. The summed E-state index contributed by atoms with van der Waals surface area (Å²) in [5.41, 5.74) is 1.31. The van der Waals surface area contributed by atoms with E-state index in [2.05, 4.69) is 31.0 Å². The molecule has 0 aliphatic rings. The molecule has 0 unspecified atom stereocenters. The van der Waals surface area contributed by atoms with Crippen LogP contribution in [0.2, 0.25) is 0 Å². The second-order valence-electron chi connectivity index (χ2n) is 2.80. The van der Waals surface area contributed by atoms with Crippen LogP contribution in [0.1, 0.15) is 5.56 Å². The molecule has 0 fully saturated rings. The fourth-order valence-corrected chi connectivity index (χ4v) is 1.62. The van der Waals surface area contributed by atoms with Gasteiger partial charge < -0.3 is 0 Å². The van der Waals surface area contributed by atoms with E-state index >= 15 is 0 Å². The fourth-order valence-electron chi connectivity index (χ4n) is 1.18. The Kier molecular flexibility index (Phi) is 2.20. The highest BCUT2D eigenvalue weighted by Crippen LogP contribution is 2.14. The second-order valence-corrected chi connectivity index (χ2v) is 3.61. The molecule has 2 aromatic heterocycles. The number of halogens is 1. The molecule has 6 heteroatoms. The third kappa shape index (κ3) is 1.48. The Morgan fingerprint density at radius 3 is 2.86 bits per heavy atom. The van der Waals surface area contributed by atoms with Crippen molar-refractivity contribution < 1.29 is 0 Å². The minimum atomic E-state index is -0.336. The van der Waals surface area contributed by atoms with Gasteiger partial charge in [-0.3, -0.25) is 5.10 Å². The maximum Gasteiger partial charge on any atom is 0.368 e. The summed E-state index contributed by atoms with van der Waals surface area (Å²) in [6.45, 7) is 1.90. The number of H-pyrrole nitrogens is 1. The van der Waals surface area contributed by atoms with Crippen LogP contribution in [-0.4, -0.2) is 19.7 Å². The summed E-state index contributed by atoms with van der Waals surface area (Å²) in [5, 5.41) is 2.72. The average Bonchev–Trinajstić information content (AvgIpc) is 2.52. The van der Waals surface area contributed by atoms with Gasteiger partial charge in [-0.05, 0) is 34.5 Å². The Bertz CT molecular complexity index is 516. The van der Waals surface area contributed by atoms with Gasteiger partial charge in [-0.2, -0.15) is 4.98 Å². The van der Waals surface area contributed by atoms with Gasteiger partial charge in [0.15, 0.2) is 0 Å². The number of aromatic nitrogens is 4. The first-order valence-corrected chi connectivity index (χ1v) is 4.73. The van der Waals surface area contributed by atoms with Crippen molar-refractivity contribution in [1.82, 2.24) is 19.7 Å². The van der Waals surface area contributed by atoms with E-state index in [1.807, 2.05) is 13.0 Å². The van der Waals surface area contributed by atoms with Crippen LogP contribution in [0.15, 0.2) is 28.0 Å². The highest BCUT2D eigenvalue weighted by Gasteiger charge is 2.05. The molecular formula is C8H7BrN4O. The largest absolute Gasteiger partial charge is 0.368 e. The van der Waals surface area contributed by atoms with Gasteiger partial charge in [0, 0.05) is 0 Å². The molecule has 0 radical (unpaired) electrons. The van der Waals surface area contributed by atoms with Crippen LogP contribution >= 0.6 is 15.9 Å². The Hall–Kier alpha value is -1.43. The number of aryl methyl sites for hydroxylation is 1. The molecule has 0 saturated heterocycles. The van der Waals surface area contributed by atoms with Crippen molar-refractivity contribution in [3.05, 3.63) is 39.2 Å². The fraction of sp³-hybridized carbons (Fsp3) is 0.125. The molecule has 2 rings (SSSR count). The maximum atomic E-state index is 11.2. The van der Waals surface area contributed by atoms with E-state index in [9.17, 15) is 4.79 Å². The SMILES string of the molecule is Cc1cc(Br)ncc1-n1[nH]cnc1=O. The lowest BCUT2D eigenvalue weighted by molar-refractivity contribution is 0.829. The summed E-state index contributed by atoms with van der Waals surface area (Å²) in [7, 11) is 0. The maximum absolute atomic E-state index is 11.2. The van der Waals surface area contributed by atoms with Crippen molar-refractivity contribution in [2.45, 2.75) is 6.92 Å². The summed E-state index contributed by atoms with van der Waals surface area (Å²) in [6.07, 6.45) is 2.96. The van der Waals surface area contributed by atoms with Gasteiger partial charge >= 0.3 is 5.69 Å². The predicted octanol–water partition coefficient (Wildman–Crippen LogP) is 1.03. The number of pyridine rings is 1. The molecule has 0 saturated carbocycles. The summed E-state index contributed by atoms with van der Waals surface area (Å²) in [5.74, 6) is 0. The smallest absolute Gasteiger partial charge is 0.279 e. The number of hydrogen-bond donors (Lipinski definition) is 1. The van der Waals surface area contributed by atoms with Gasteiger partial charge in [0.05, 0.1) is 11.9 Å². The number of aromatic amines is 1. The minimum Gasteiger partial charge on any atom is -0.279 e. The van der Waals surface area contributed by atoms with Crippen molar-refractivity contribution in [1.29, 1.82) is 0 Å².